The molecule has 0 N–H and O–H groups in total. The molecule has 2 atom stereocenters. The van der Waals surface area contributed by atoms with Crippen LogP contribution < -0.4 is 4.74 Å². The minimum absolute atomic E-state index is 0.122. The topological polar surface area (TPSA) is 96.7 Å². The van der Waals surface area contributed by atoms with Crippen molar-refractivity contribution in [1.29, 1.82) is 0 Å². The summed E-state index contributed by atoms with van der Waals surface area (Å²) in [6.45, 7) is 2.27. The number of fused-ring (bicyclic) bond motifs is 3. The van der Waals surface area contributed by atoms with Crippen LogP contribution in [0.25, 0.3) is 11.0 Å². The Hall–Kier alpha value is -3.69. The van der Waals surface area contributed by atoms with Gasteiger partial charge in [-0.05, 0) is 42.8 Å². The first-order valence-corrected chi connectivity index (χ1v) is 12.7. The van der Waals surface area contributed by atoms with Crippen LogP contribution in [0.15, 0.2) is 77.8 Å². The number of methoxy groups -OCH3 is 1. The second-order valence-corrected chi connectivity index (χ2v) is 9.83. The van der Waals surface area contributed by atoms with Crippen LogP contribution in [0, 0.1) is 0 Å². The summed E-state index contributed by atoms with van der Waals surface area (Å²) in [5.74, 6) is -0.673. The maximum atomic E-state index is 14.0. The van der Waals surface area contributed by atoms with E-state index in [1.54, 1.807) is 66.9 Å². The number of carbonyl (C=O) groups is 1. The molecule has 0 saturated carbocycles. The molecule has 5 rings (SSSR count). The van der Waals surface area contributed by atoms with Crippen molar-refractivity contribution in [3.05, 3.63) is 89.7 Å². The molecule has 8 nitrogen and oxygen atoms in total. The van der Waals surface area contributed by atoms with Gasteiger partial charge in [-0.15, -0.1) is 0 Å². The van der Waals surface area contributed by atoms with Gasteiger partial charge in [-0.1, -0.05) is 36.4 Å². The Bertz CT molecular complexity index is 1500. The number of hydrogen-bond donors (Lipinski definition) is 0. The fourth-order valence-electron chi connectivity index (χ4n) is 4.59. The van der Waals surface area contributed by atoms with Crippen LogP contribution in [-0.2, 0) is 19.5 Å². The van der Waals surface area contributed by atoms with Gasteiger partial charge in [0.2, 0.25) is 6.29 Å². The van der Waals surface area contributed by atoms with Gasteiger partial charge in [-0.3, -0.25) is 0 Å². The van der Waals surface area contributed by atoms with Crippen molar-refractivity contribution in [3.63, 3.8) is 0 Å². The average Bonchev–Trinajstić information content (AvgIpc) is 3.24. The third-order valence-electron chi connectivity index (χ3n) is 6.06. The molecule has 180 valence electrons. The maximum absolute atomic E-state index is 14.0. The third kappa shape index (κ3) is 3.86. The highest BCUT2D eigenvalue weighted by Crippen LogP contribution is 2.48. The highest BCUT2D eigenvalue weighted by Gasteiger charge is 2.40. The van der Waals surface area contributed by atoms with Gasteiger partial charge in [-0.25, -0.2) is 22.2 Å². The molecule has 9 heteroatoms. The molecule has 0 unspecified atom stereocenters. The number of rotatable bonds is 6. The summed E-state index contributed by atoms with van der Waals surface area (Å²) >= 11 is 0. The zero-order valence-corrected chi connectivity index (χ0v) is 20.1. The quantitative estimate of drug-likeness (QED) is 0.370. The summed E-state index contributed by atoms with van der Waals surface area (Å²) in [5.41, 5.74) is 1.62. The average molecular weight is 493 g/mol. The highest BCUT2D eigenvalue weighted by atomic mass is 32.2. The molecule has 1 aliphatic heterocycles. The second-order valence-electron chi connectivity index (χ2n) is 8.04. The third-order valence-corrected chi connectivity index (χ3v) is 7.78. The molecule has 2 aromatic heterocycles. The van der Waals surface area contributed by atoms with Gasteiger partial charge in [0.05, 0.1) is 28.6 Å². The van der Waals surface area contributed by atoms with E-state index >= 15 is 0 Å². The Morgan fingerprint density at radius 2 is 1.83 bits per heavy atom. The first kappa shape index (κ1) is 23.1. The molecule has 0 radical (unpaired) electrons. The molecular formula is C26H24N2O6S. The minimum Gasteiger partial charge on any atom is -0.465 e. The fourth-order valence-corrected chi connectivity index (χ4v) is 6.14. The van der Waals surface area contributed by atoms with Crippen molar-refractivity contribution < 1.29 is 27.4 Å². The van der Waals surface area contributed by atoms with Crippen LogP contribution >= 0.6 is 0 Å². The van der Waals surface area contributed by atoms with E-state index in [9.17, 15) is 13.2 Å². The molecule has 3 heterocycles. The molecule has 0 aliphatic carbocycles. The van der Waals surface area contributed by atoms with Crippen LogP contribution in [0.2, 0.25) is 0 Å². The summed E-state index contributed by atoms with van der Waals surface area (Å²) in [7, 11) is -2.74. The molecule has 4 aromatic rings. The van der Waals surface area contributed by atoms with E-state index in [4.69, 9.17) is 14.2 Å². The van der Waals surface area contributed by atoms with Gasteiger partial charge in [-0.2, -0.15) is 0 Å². The highest BCUT2D eigenvalue weighted by molar-refractivity contribution is 7.90. The summed E-state index contributed by atoms with van der Waals surface area (Å²) in [6.07, 6.45) is 1.21. The standard InChI is InChI=1S/C26H24N2O6S/c1-3-33-22-16-21(18-12-7-8-13-19(18)26(29)32-2)23-24(34-22)20-14-9-15-27-25(20)28(23)35(30,31)17-10-5-4-6-11-17/h4-15,21-22H,3,16H2,1-2H3/t21-,22-/m0/s1. The van der Waals surface area contributed by atoms with Gasteiger partial charge < -0.3 is 14.2 Å². The van der Waals surface area contributed by atoms with Crippen molar-refractivity contribution in [2.75, 3.05) is 13.7 Å². The second kappa shape index (κ2) is 9.16. The van der Waals surface area contributed by atoms with Gasteiger partial charge in [0.1, 0.15) is 0 Å². The Morgan fingerprint density at radius 1 is 1.09 bits per heavy atom. The van der Waals surface area contributed by atoms with Gasteiger partial charge in [0, 0.05) is 25.1 Å². The number of esters is 1. The van der Waals surface area contributed by atoms with E-state index in [0.29, 0.717) is 41.0 Å². The molecule has 0 bridgehead atoms. The van der Waals surface area contributed by atoms with Crippen molar-refractivity contribution in [2.45, 2.75) is 30.4 Å². The predicted octanol–water partition coefficient (Wildman–Crippen LogP) is 4.34. The van der Waals surface area contributed by atoms with Gasteiger partial charge >= 0.3 is 5.97 Å². The van der Waals surface area contributed by atoms with Crippen molar-refractivity contribution in [1.82, 2.24) is 8.96 Å². The fraction of sp³-hybridized carbons (Fsp3) is 0.231. The summed E-state index contributed by atoms with van der Waals surface area (Å²) in [4.78, 5) is 17.2. The number of benzene rings is 2. The zero-order chi connectivity index (χ0) is 24.6. The van der Waals surface area contributed by atoms with E-state index in [2.05, 4.69) is 4.98 Å². The minimum atomic E-state index is -4.06. The van der Waals surface area contributed by atoms with Crippen LogP contribution in [0.3, 0.4) is 0 Å². The van der Waals surface area contributed by atoms with Gasteiger partial charge in [0.25, 0.3) is 10.0 Å². The smallest absolute Gasteiger partial charge is 0.338 e. The number of carbonyl (C=O) groups excluding carboxylic acids is 1. The molecule has 0 saturated heterocycles. The van der Waals surface area contributed by atoms with Crippen molar-refractivity contribution in [3.8, 4) is 5.75 Å². The van der Waals surface area contributed by atoms with E-state index in [-0.39, 0.29) is 10.5 Å². The molecule has 0 amide bonds. The first-order chi connectivity index (χ1) is 17.0. The molecular weight excluding hydrogens is 468 g/mol. The molecule has 0 fully saturated rings. The molecule has 1 aliphatic rings. The normalized spacial score (nSPS) is 17.5. The van der Waals surface area contributed by atoms with Crippen LogP contribution in [0.4, 0.5) is 0 Å². The Morgan fingerprint density at radius 3 is 2.57 bits per heavy atom. The van der Waals surface area contributed by atoms with E-state index < -0.39 is 28.2 Å². The predicted molar refractivity (Wildman–Crippen MR) is 129 cm³/mol. The number of aromatic nitrogens is 2. The molecule has 0 spiro atoms. The van der Waals surface area contributed by atoms with Gasteiger partial charge in [0.15, 0.2) is 11.4 Å². The van der Waals surface area contributed by atoms with Crippen LogP contribution in [-0.4, -0.2) is 43.4 Å². The lowest BCUT2D eigenvalue weighted by atomic mass is 9.87. The Kier molecular flexibility index (Phi) is 6.04. The van der Waals surface area contributed by atoms with Crippen LogP contribution in [0.1, 0.15) is 40.9 Å². The summed E-state index contributed by atoms with van der Waals surface area (Å²) < 4.78 is 46.3. The number of hydrogen-bond acceptors (Lipinski definition) is 7. The van der Waals surface area contributed by atoms with Crippen molar-refractivity contribution in [2.24, 2.45) is 0 Å². The summed E-state index contributed by atoms with van der Waals surface area (Å²) in [6, 6.07) is 18.7. The number of ether oxygens (including phenoxy) is 3. The van der Waals surface area contributed by atoms with E-state index in [1.807, 2.05) is 13.0 Å². The Balaban J connectivity index is 1.84. The number of pyridine rings is 1. The molecule has 2 aromatic carbocycles. The monoisotopic (exact) mass is 492 g/mol. The van der Waals surface area contributed by atoms with Crippen molar-refractivity contribution >= 4 is 27.0 Å². The molecule has 35 heavy (non-hydrogen) atoms. The maximum Gasteiger partial charge on any atom is 0.338 e. The lowest BCUT2D eigenvalue weighted by molar-refractivity contribution is -0.0889. The van der Waals surface area contributed by atoms with Crippen LogP contribution in [0.5, 0.6) is 5.75 Å². The number of nitrogens with zero attached hydrogens (tertiary/aromatic N) is 2. The Labute approximate surface area is 203 Å². The zero-order valence-electron chi connectivity index (χ0n) is 19.2. The lowest BCUT2D eigenvalue weighted by Crippen LogP contribution is -2.31. The van der Waals surface area contributed by atoms with E-state index in [0.717, 1.165) is 0 Å². The SMILES string of the molecule is CCO[C@@H]1C[C@@H](c2ccccc2C(=O)OC)c2c(c3cccnc3n2S(=O)(=O)c2ccccc2)O1. The van der Waals surface area contributed by atoms with E-state index in [1.165, 1.54) is 11.1 Å². The lowest BCUT2D eigenvalue weighted by Gasteiger charge is -2.32. The first-order valence-electron chi connectivity index (χ1n) is 11.2. The largest absolute Gasteiger partial charge is 0.465 e. The summed E-state index contributed by atoms with van der Waals surface area (Å²) in [5, 5.41) is 0.548.